The summed E-state index contributed by atoms with van der Waals surface area (Å²) in [6.45, 7) is 0. The number of carbonyl (C=O) groups excluding carboxylic acids is 1. The van der Waals surface area contributed by atoms with Gasteiger partial charge in [-0.2, -0.15) is 0 Å². The van der Waals surface area contributed by atoms with Crippen molar-refractivity contribution in [1.29, 1.82) is 0 Å². The molecular weight excluding hydrogens is 251 g/mol. The average Bonchev–Trinajstić information content (AvgIpc) is 2.40. The van der Waals surface area contributed by atoms with Crippen molar-refractivity contribution in [1.82, 2.24) is 0 Å². The number of rotatable bonds is 4. The van der Waals surface area contributed by atoms with Gasteiger partial charge in [0.1, 0.15) is 5.82 Å². The van der Waals surface area contributed by atoms with Crippen molar-refractivity contribution in [2.75, 3.05) is 0 Å². The van der Waals surface area contributed by atoms with Gasteiger partial charge in [0, 0.05) is 12.0 Å². The van der Waals surface area contributed by atoms with Gasteiger partial charge in [0.05, 0.1) is 0 Å². The third-order valence-corrected chi connectivity index (χ3v) is 4.06. The van der Waals surface area contributed by atoms with Crippen molar-refractivity contribution in [3.63, 3.8) is 0 Å². The minimum atomic E-state index is -0.270. The van der Waals surface area contributed by atoms with Crippen LogP contribution in [0.25, 0.3) is 0 Å². The summed E-state index contributed by atoms with van der Waals surface area (Å²) in [4.78, 5) is 12.3. The van der Waals surface area contributed by atoms with E-state index in [1.54, 1.807) is 12.1 Å². The first-order valence-electron chi connectivity index (χ1n) is 7.10. The predicted molar refractivity (Wildman–Crippen MR) is 77.5 cm³/mol. The molecule has 1 saturated carbocycles. The van der Waals surface area contributed by atoms with E-state index in [0.29, 0.717) is 12.3 Å². The van der Waals surface area contributed by atoms with E-state index in [1.165, 1.54) is 37.0 Å². The zero-order chi connectivity index (χ0) is 13.9. The van der Waals surface area contributed by atoms with Crippen LogP contribution in [0.4, 0.5) is 4.39 Å². The van der Waals surface area contributed by atoms with Crippen LogP contribution in [0.5, 0.6) is 0 Å². The molecule has 20 heavy (non-hydrogen) atoms. The number of Topliss-reactive ketones (excluding diaryl/α,β-unsaturated/α-hetero) is 1. The number of hydrogen-bond acceptors (Lipinski definition) is 1. The molecule has 2 heteroatoms. The molecule has 0 spiro atoms. The first-order valence-corrected chi connectivity index (χ1v) is 7.10. The third kappa shape index (κ3) is 2.79. The minimum absolute atomic E-state index is 0.0952. The smallest absolute Gasteiger partial charge is 0.167 e. The Morgan fingerprint density at radius 1 is 1.10 bits per heavy atom. The summed E-state index contributed by atoms with van der Waals surface area (Å²) in [7, 11) is 0. The molecule has 0 saturated heterocycles. The number of ketones is 1. The topological polar surface area (TPSA) is 17.1 Å². The van der Waals surface area contributed by atoms with Crippen LogP contribution in [0.2, 0.25) is 0 Å². The van der Waals surface area contributed by atoms with Gasteiger partial charge in [0.15, 0.2) is 5.78 Å². The van der Waals surface area contributed by atoms with Crippen LogP contribution < -0.4 is 0 Å². The second-order valence-corrected chi connectivity index (χ2v) is 5.48. The minimum Gasteiger partial charge on any atom is -0.294 e. The highest BCUT2D eigenvalue weighted by atomic mass is 19.1. The molecule has 0 bridgehead atoms. The van der Waals surface area contributed by atoms with E-state index < -0.39 is 0 Å². The normalized spacial score (nSPS) is 14.8. The van der Waals surface area contributed by atoms with E-state index >= 15 is 0 Å². The maximum atomic E-state index is 12.8. The van der Waals surface area contributed by atoms with E-state index in [2.05, 4.69) is 6.07 Å². The highest BCUT2D eigenvalue weighted by molar-refractivity contribution is 5.97. The van der Waals surface area contributed by atoms with Gasteiger partial charge < -0.3 is 0 Å². The van der Waals surface area contributed by atoms with Crippen molar-refractivity contribution < 1.29 is 9.18 Å². The van der Waals surface area contributed by atoms with Gasteiger partial charge >= 0.3 is 0 Å². The molecule has 0 atom stereocenters. The van der Waals surface area contributed by atoms with Crippen molar-refractivity contribution in [3.05, 3.63) is 71.0 Å². The van der Waals surface area contributed by atoms with Crippen LogP contribution in [-0.2, 0) is 6.42 Å². The maximum Gasteiger partial charge on any atom is 0.167 e. The SMILES string of the molecule is O=C(Cc1ccc(F)cc1)c1cccc(C2CCC2)c1. The second-order valence-electron chi connectivity index (χ2n) is 5.48. The van der Waals surface area contributed by atoms with Crippen LogP contribution in [0.1, 0.15) is 46.7 Å². The van der Waals surface area contributed by atoms with E-state index in [0.717, 1.165) is 11.1 Å². The monoisotopic (exact) mass is 268 g/mol. The van der Waals surface area contributed by atoms with Gasteiger partial charge in [0.25, 0.3) is 0 Å². The van der Waals surface area contributed by atoms with Crippen LogP contribution in [0.15, 0.2) is 48.5 Å². The summed E-state index contributed by atoms with van der Waals surface area (Å²) in [5.41, 5.74) is 2.89. The molecule has 0 radical (unpaired) electrons. The lowest BCUT2D eigenvalue weighted by Gasteiger charge is -2.26. The number of hydrogen-bond donors (Lipinski definition) is 0. The molecule has 0 aliphatic heterocycles. The van der Waals surface area contributed by atoms with Crippen LogP contribution in [-0.4, -0.2) is 5.78 Å². The van der Waals surface area contributed by atoms with Gasteiger partial charge in [-0.05, 0) is 48.1 Å². The van der Waals surface area contributed by atoms with Crippen molar-refractivity contribution >= 4 is 5.78 Å². The third-order valence-electron chi connectivity index (χ3n) is 4.06. The Morgan fingerprint density at radius 3 is 2.50 bits per heavy atom. The quantitative estimate of drug-likeness (QED) is 0.745. The highest BCUT2D eigenvalue weighted by Gasteiger charge is 2.20. The van der Waals surface area contributed by atoms with E-state index in [-0.39, 0.29) is 11.6 Å². The molecule has 0 N–H and O–H groups in total. The summed E-state index contributed by atoms with van der Waals surface area (Å²) in [6.07, 6.45) is 4.08. The Bertz CT molecular complexity index is 612. The Balaban J connectivity index is 1.74. The average molecular weight is 268 g/mol. The zero-order valence-electron chi connectivity index (χ0n) is 11.3. The molecule has 1 aliphatic carbocycles. The van der Waals surface area contributed by atoms with Gasteiger partial charge in [-0.1, -0.05) is 36.8 Å². The molecule has 3 rings (SSSR count). The summed E-state index contributed by atoms with van der Waals surface area (Å²) in [6, 6.07) is 14.1. The molecule has 102 valence electrons. The zero-order valence-corrected chi connectivity index (χ0v) is 11.3. The fourth-order valence-electron chi connectivity index (χ4n) is 2.60. The lowest BCUT2D eigenvalue weighted by molar-refractivity contribution is 0.0993. The largest absolute Gasteiger partial charge is 0.294 e. The van der Waals surface area contributed by atoms with Crippen LogP contribution in [0.3, 0.4) is 0 Å². The van der Waals surface area contributed by atoms with Gasteiger partial charge in [0.2, 0.25) is 0 Å². The van der Waals surface area contributed by atoms with Crippen molar-refractivity contribution in [2.24, 2.45) is 0 Å². The first kappa shape index (κ1) is 13.0. The fourth-order valence-corrected chi connectivity index (χ4v) is 2.60. The maximum absolute atomic E-state index is 12.8. The molecule has 2 aromatic carbocycles. The molecule has 0 unspecified atom stereocenters. The molecule has 1 aliphatic rings. The van der Waals surface area contributed by atoms with Crippen LogP contribution >= 0.6 is 0 Å². The number of carbonyl (C=O) groups is 1. The molecule has 0 amide bonds. The number of benzene rings is 2. The van der Waals surface area contributed by atoms with Gasteiger partial charge in [-0.3, -0.25) is 4.79 Å². The Labute approximate surface area is 118 Å². The first-order chi connectivity index (χ1) is 9.72. The van der Waals surface area contributed by atoms with Crippen molar-refractivity contribution in [3.8, 4) is 0 Å². The van der Waals surface area contributed by atoms with Gasteiger partial charge in [-0.25, -0.2) is 4.39 Å². The van der Waals surface area contributed by atoms with Crippen molar-refractivity contribution in [2.45, 2.75) is 31.6 Å². The van der Waals surface area contributed by atoms with E-state index in [1.807, 2.05) is 18.2 Å². The van der Waals surface area contributed by atoms with Crippen LogP contribution in [0, 0.1) is 5.82 Å². The predicted octanol–water partition coefficient (Wildman–Crippen LogP) is 4.52. The molecule has 0 aromatic heterocycles. The molecular formula is C18H17FO. The summed E-state index contributed by atoms with van der Waals surface area (Å²) >= 11 is 0. The summed E-state index contributed by atoms with van der Waals surface area (Å²) in [5, 5.41) is 0. The van der Waals surface area contributed by atoms with E-state index in [4.69, 9.17) is 0 Å². The Hall–Kier alpha value is -1.96. The Morgan fingerprint density at radius 2 is 1.85 bits per heavy atom. The lowest BCUT2D eigenvalue weighted by atomic mass is 9.79. The highest BCUT2D eigenvalue weighted by Crippen LogP contribution is 2.36. The van der Waals surface area contributed by atoms with Gasteiger partial charge in [-0.15, -0.1) is 0 Å². The standard InChI is InChI=1S/C18H17FO/c19-17-9-7-13(8-10-17)11-18(20)16-6-2-5-15(12-16)14-3-1-4-14/h2,5-10,12,14H,1,3-4,11H2. The Kier molecular flexibility index (Phi) is 3.64. The lowest BCUT2D eigenvalue weighted by Crippen LogP contribution is -2.10. The molecule has 1 nitrogen and oxygen atoms in total. The second kappa shape index (κ2) is 5.58. The van der Waals surface area contributed by atoms with E-state index in [9.17, 15) is 9.18 Å². The fraction of sp³-hybridized carbons (Fsp3) is 0.278. The number of halogens is 1. The molecule has 0 heterocycles. The summed E-state index contributed by atoms with van der Waals surface area (Å²) in [5.74, 6) is 0.458. The summed E-state index contributed by atoms with van der Waals surface area (Å²) < 4.78 is 12.8. The molecule has 2 aromatic rings. The molecule has 1 fully saturated rings.